The van der Waals surface area contributed by atoms with Crippen molar-refractivity contribution < 1.29 is 50.8 Å². The van der Waals surface area contributed by atoms with E-state index in [1.807, 2.05) is 31.2 Å². The van der Waals surface area contributed by atoms with Crippen molar-refractivity contribution in [2.75, 3.05) is 13.2 Å². The quantitative estimate of drug-likeness (QED) is 0.106. The van der Waals surface area contributed by atoms with Crippen LogP contribution in [0.25, 0.3) is 0 Å². The van der Waals surface area contributed by atoms with Gasteiger partial charge in [0, 0.05) is 23.9 Å². The molecule has 2 aromatic rings. The molecule has 58 heavy (non-hydrogen) atoms. The molecule has 0 aromatic heterocycles. The van der Waals surface area contributed by atoms with Crippen molar-refractivity contribution in [1.82, 2.24) is 5.32 Å². The molecular weight excluding hydrogens is 739 g/mol. The molecule has 1 saturated carbocycles. The Morgan fingerprint density at radius 2 is 1.69 bits per heavy atom. The second kappa shape index (κ2) is 20.6. The van der Waals surface area contributed by atoms with Crippen LogP contribution in [0.15, 0.2) is 71.8 Å². The fraction of sp³-hybridized carbons (Fsp3) is 0.596. The van der Waals surface area contributed by atoms with Gasteiger partial charge in [-0.15, -0.1) is 0 Å². The maximum absolute atomic E-state index is 12.3. The Bertz CT molecular complexity index is 1770. The molecular formula is C47H65NO10. The number of carboxylic acid groups (broad SMARTS) is 1. The molecule has 3 aliphatic rings. The molecule has 10 atom stereocenters. The van der Waals surface area contributed by atoms with Crippen LogP contribution in [0.3, 0.4) is 0 Å². The summed E-state index contributed by atoms with van der Waals surface area (Å²) in [5, 5.41) is 103. The van der Waals surface area contributed by atoms with Crippen LogP contribution in [0, 0.1) is 23.2 Å². The molecule has 11 nitrogen and oxygen atoms in total. The molecule has 2 bridgehead atoms. The average molecular weight is 804 g/mol. The molecule has 0 radical (unpaired) electrons. The molecule has 0 saturated heterocycles. The molecule has 1 fully saturated rings. The van der Waals surface area contributed by atoms with Crippen LogP contribution < -0.4 is 5.32 Å². The number of carboxylic acids is 1. The number of phenols is 1. The molecule has 1 heterocycles. The first-order chi connectivity index (χ1) is 27.7. The Balaban J connectivity index is 1.72. The third-order valence-corrected chi connectivity index (χ3v) is 12.9. The maximum atomic E-state index is 12.3. The van der Waals surface area contributed by atoms with E-state index in [9.17, 15) is 50.8 Å². The lowest BCUT2D eigenvalue weighted by molar-refractivity contribution is -0.145. The van der Waals surface area contributed by atoms with E-state index in [2.05, 4.69) is 17.2 Å². The Labute approximate surface area is 343 Å². The number of carbonyl (C=O) groups is 1. The van der Waals surface area contributed by atoms with Gasteiger partial charge >= 0.3 is 5.97 Å². The first-order valence-electron chi connectivity index (χ1n) is 21.1. The summed E-state index contributed by atoms with van der Waals surface area (Å²) >= 11 is 0. The van der Waals surface area contributed by atoms with Crippen LogP contribution in [0.4, 0.5) is 0 Å². The molecule has 10 N–H and O–H groups in total. The van der Waals surface area contributed by atoms with E-state index in [0.29, 0.717) is 49.7 Å². The second-order valence-electron chi connectivity index (χ2n) is 17.3. The highest BCUT2D eigenvalue weighted by Gasteiger charge is 2.47. The summed E-state index contributed by atoms with van der Waals surface area (Å²) in [4.78, 5) is 12.1. The third-order valence-electron chi connectivity index (χ3n) is 12.9. The zero-order valence-corrected chi connectivity index (χ0v) is 34.0. The summed E-state index contributed by atoms with van der Waals surface area (Å²) < 4.78 is 0. The van der Waals surface area contributed by atoms with Gasteiger partial charge in [-0.1, -0.05) is 93.0 Å². The number of aromatic hydroxyl groups is 1. The Morgan fingerprint density at radius 1 is 0.983 bits per heavy atom. The smallest absolute Gasteiger partial charge is 0.304 e. The predicted octanol–water partition coefficient (Wildman–Crippen LogP) is 4.59. The van der Waals surface area contributed by atoms with Gasteiger partial charge in [-0.25, -0.2) is 0 Å². The van der Waals surface area contributed by atoms with Crippen molar-refractivity contribution in [3.05, 3.63) is 88.5 Å². The van der Waals surface area contributed by atoms with E-state index in [1.165, 1.54) is 0 Å². The highest BCUT2D eigenvalue weighted by atomic mass is 16.4. The summed E-state index contributed by atoms with van der Waals surface area (Å²) in [7, 11) is 0. The zero-order chi connectivity index (χ0) is 42.0. The summed E-state index contributed by atoms with van der Waals surface area (Å²) in [6, 6.07) is 13.9. The monoisotopic (exact) mass is 803 g/mol. The first kappa shape index (κ1) is 45.5. The molecule has 5 rings (SSSR count). The number of hydrogen-bond acceptors (Lipinski definition) is 10. The second-order valence-corrected chi connectivity index (χ2v) is 17.3. The van der Waals surface area contributed by atoms with Crippen LogP contribution in [0.1, 0.15) is 119 Å². The SMILES string of the molecule is CCCC[C@H](O)[C@H](O)C=CC1=C(C[C@H](O)CO)[C@@H]2NC[C@@](C)(O)[C@H](c3ccc(O)cc3)C#C[C@H](CC2C[C@H](O)[C@H](O)C2(CC(=O)O)CCCC2)c2ccccc2CC1. The lowest BCUT2D eigenvalue weighted by atomic mass is 9.70. The average Bonchev–Trinajstić information content (AvgIpc) is 3.67. The molecule has 1 unspecified atom stereocenters. The predicted molar refractivity (Wildman–Crippen MR) is 222 cm³/mol. The number of allylic oxidation sites excluding steroid dienone is 2. The number of aliphatic hydroxyl groups is 7. The van der Waals surface area contributed by atoms with Gasteiger partial charge in [0.2, 0.25) is 0 Å². The number of hydrogen-bond donors (Lipinski definition) is 10. The number of nitrogens with one attached hydrogen (secondary N) is 1. The van der Waals surface area contributed by atoms with Gasteiger partial charge < -0.3 is 51.3 Å². The summed E-state index contributed by atoms with van der Waals surface area (Å²) in [6.07, 6.45) is 2.95. The van der Waals surface area contributed by atoms with E-state index in [-0.39, 0.29) is 31.6 Å². The van der Waals surface area contributed by atoms with Crippen LogP contribution in [-0.2, 0) is 11.2 Å². The Morgan fingerprint density at radius 3 is 2.36 bits per heavy atom. The zero-order valence-electron chi connectivity index (χ0n) is 34.0. The van der Waals surface area contributed by atoms with Crippen LogP contribution >= 0.6 is 0 Å². The minimum absolute atomic E-state index is 0.00193. The molecule has 318 valence electrons. The number of phenolic OH excluding ortho intramolecular Hbond substituents is 1. The van der Waals surface area contributed by atoms with Gasteiger partial charge in [0.25, 0.3) is 0 Å². The Kier molecular flexibility index (Phi) is 16.2. The topological polar surface area (TPSA) is 211 Å². The van der Waals surface area contributed by atoms with Gasteiger partial charge in [0.15, 0.2) is 0 Å². The fourth-order valence-electron chi connectivity index (χ4n) is 9.61. The van der Waals surface area contributed by atoms with Gasteiger partial charge in [-0.05, 0) is 104 Å². The minimum atomic E-state index is -1.50. The minimum Gasteiger partial charge on any atom is -0.508 e. The van der Waals surface area contributed by atoms with E-state index < -0.39 is 77.9 Å². The number of unbranched alkanes of at least 4 members (excludes halogenated alkanes) is 1. The van der Waals surface area contributed by atoms with E-state index in [1.54, 1.807) is 43.3 Å². The number of aliphatic hydroxyl groups excluding tert-OH is 6. The molecule has 2 aliphatic carbocycles. The normalized spacial score (nSPS) is 27.5. The largest absolute Gasteiger partial charge is 0.508 e. The highest BCUT2D eigenvalue weighted by Crippen LogP contribution is 2.47. The van der Waals surface area contributed by atoms with Crippen molar-refractivity contribution in [2.24, 2.45) is 11.3 Å². The van der Waals surface area contributed by atoms with Crippen molar-refractivity contribution in [3.63, 3.8) is 0 Å². The highest BCUT2D eigenvalue weighted by molar-refractivity contribution is 5.68. The number of β-amino-alcohol motifs (C(OH)–C–C–N with tert-alkyl or cyclic N) is 1. The van der Waals surface area contributed by atoms with Gasteiger partial charge in [-0.2, -0.15) is 0 Å². The molecule has 11 heteroatoms. The number of benzene rings is 2. The lowest BCUT2D eigenvalue weighted by Gasteiger charge is -2.42. The van der Waals surface area contributed by atoms with Crippen LogP contribution in [-0.4, -0.2) is 107 Å². The first-order valence-corrected chi connectivity index (χ1v) is 21.1. The number of rotatable bonds is 16. The molecule has 1 aliphatic heterocycles. The van der Waals surface area contributed by atoms with E-state index >= 15 is 0 Å². The van der Waals surface area contributed by atoms with Gasteiger partial charge in [-0.3, -0.25) is 4.79 Å². The van der Waals surface area contributed by atoms with Crippen LogP contribution in [0.2, 0.25) is 0 Å². The van der Waals surface area contributed by atoms with Gasteiger partial charge in [0.05, 0.1) is 55.1 Å². The lowest BCUT2D eigenvalue weighted by Crippen LogP contribution is -2.51. The van der Waals surface area contributed by atoms with Crippen molar-refractivity contribution in [3.8, 4) is 17.6 Å². The number of fused-ring (bicyclic) bond motifs is 5. The Hall–Kier alpha value is -3.57. The van der Waals surface area contributed by atoms with Crippen LogP contribution in [0.5, 0.6) is 5.75 Å². The molecule has 0 spiro atoms. The van der Waals surface area contributed by atoms with E-state index in [0.717, 1.165) is 42.4 Å². The number of aliphatic carboxylic acids is 1. The fourth-order valence-corrected chi connectivity index (χ4v) is 9.61. The van der Waals surface area contributed by atoms with E-state index in [4.69, 9.17) is 0 Å². The maximum Gasteiger partial charge on any atom is 0.304 e. The standard InChI is InChI=1S/C47H65NO10/c1-3-4-11-40(52)41(53)21-17-31-13-12-30-9-5-6-10-37(30)33-16-20-39(32-14-18-35(50)19-15-32)46(2,58)29-48-44(38(31)26-36(51)28-49)34(24-33)25-42(54)45(57)47(27-43(55)56)22-7-8-23-47/h5-6,9-10,14-15,17-19,21,33-34,36,39-42,44-45,48-54,57-58H,3-4,7-8,11-13,22-29H2,1-2H3,(H,55,56)/t33-,34?,36+,39+,40+,41-,42+,44-,45+,46-/m1/s1. The molecule has 0 amide bonds. The third kappa shape index (κ3) is 11.4. The summed E-state index contributed by atoms with van der Waals surface area (Å²) in [5.74, 6) is 4.36. The molecule has 2 aromatic carbocycles. The van der Waals surface area contributed by atoms with Crippen molar-refractivity contribution in [1.29, 1.82) is 0 Å². The summed E-state index contributed by atoms with van der Waals surface area (Å²) in [6.45, 7) is 3.15. The summed E-state index contributed by atoms with van der Waals surface area (Å²) in [5.41, 5.74) is 1.63. The number of aryl methyl sites for hydroxylation is 1. The van der Waals surface area contributed by atoms with Gasteiger partial charge in [0.1, 0.15) is 5.75 Å². The van der Waals surface area contributed by atoms with Crippen molar-refractivity contribution in [2.45, 2.75) is 151 Å². The van der Waals surface area contributed by atoms with Crippen molar-refractivity contribution >= 4 is 5.97 Å².